The third-order valence-electron chi connectivity index (χ3n) is 3.23. The van der Waals surface area contributed by atoms with Gasteiger partial charge >= 0.3 is 6.18 Å². The van der Waals surface area contributed by atoms with Crippen LogP contribution in [0.25, 0.3) is 0 Å². The molecule has 92 valence electrons. The summed E-state index contributed by atoms with van der Waals surface area (Å²) < 4.78 is 38.1. The Morgan fingerprint density at radius 1 is 1.24 bits per heavy atom. The average molecular weight is 242 g/mol. The SMILES string of the molecule is O=C(CC1CCC1)c1ccccc1C(F)(F)F. The lowest BCUT2D eigenvalue weighted by Crippen LogP contribution is -2.19. The van der Waals surface area contributed by atoms with Gasteiger partial charge in [-0.15, -0.1) is 0 Å². The van der Waals surface area contributed by atoms with Crippen molar-refractivity contribution in [3.05, 3.63) is 35.4 Å². The molecular weight excluding hydrogens is 229 g/mol. The van der Waals surface area contributed by atoms with Gasteiger partial charge in [-0.2, -0.15) is 13.2 Å². The zero-order valence-corrected chi connectivity index (χ0v) is 9.26. The molecule has 0 amide bonds. The lowest BCUT2D eigenvalue weighted by Gasteiger charge is -2.24. The Kier molecular flexibility index (Phi) is 3.22. The smallest absolute Gasteiger partial charge is 0.294 e. The lowest BCUT2D eigenvalue weighted by molar-refractivity contribution is -0.137. The molecule has 0 aromatic heterocycles. The molecule has 1 saturated carbocycles. The topological polar surface area (TPSA) is 17.1 Å². The molecule has 0 aliphatic heterocycles. The first-order valence-corrected chi connectivity index (χ1v) is 5.68. The summed E-state index contributed by atoms with van der Waals surface area (Å²) in [5.41, 5.74) is -1.00. The van der Waals surface area contributed by atoms with E-state index in [1.807, 2.05) is 0 Å². The van der Waals surface area contributed by atoms with Crippen molar-refractivity contribution in [3.63, 3.8) is 0 Å². The predicted octanol–water partition coefficient (Wildman–Crippen LogP) is 4.08. The number of hydrogen-bond acceptors (Lipinski definition) is 1. The number of Topliss-reactive ketones (excluding diaryl/α,β-unsaturated/α-hetero) is 1. The summed E-state index contributed by atoms with van der Waals surface area (Å²) in [5, 5.41) is 0. The van der Waals surface area contributed by atoms with E-state index in [0.717, 1.165) is 25.3 Å². The molecule has 1 aromatic carbocycles. The van der Waals surface area contributed by atoms with Gasteiger partial charge in [0, 0.05) is 12.0 Å². The zero-order chi connectivity index (χ0) is 12.5. The molecule has 2 rings (SSSR count). The molecule has 0 bridgehead atoms. The summed E-state index contributed by atoms with van der Waals surface area (Å²) in [6, 6.07) is 5.02. The van der Waals surface area contributed by atoms with E-state index in [4.69, 9.17) is 0 Å². The van der Waals surface area contributed by atoms with Gasteiger partial charge in [0.25, 0.3) is 0 Å². The van der Waals surface area contributed by atoms with Crippen molar-refractivity contribution in [2.45, 2.75) is 31.9 Å². The van der Waals surface area contributed by atoms with Crippen LogP contribution < -0.4 is 0 Å². The first-order valence-electron chi connectivity index (χ1n) is 5.68. The van der Waals surface area contributed by atoms with Gasteiger partial charge in [-0.1, -0.05) is 37.5 Å². The minimum absolute atomic E-state index is 0.188. The Morgan fingerprint density at radius 3 is 2.41 bits per heavy atom. The monoisotopic (exact) mass is 242 g/mol. The highest BCUT2D eigenvalue weighted by Gasteiger charge is 2.35. The first kappa shape index (κ1) is 12.1. The van der Waals surface area contributed by atoms with E-state index >= 15 is 0 Å². The number of carbonyl (C=O) groups is 1. The van der Waals surface area contributed by atoms with Crippen LogP contribution in [0.15, 0.2) is 24.3 Å². The second kappa shape index (κ2) is 4.51. The molecule has 1 fully saturated rings. The number of carbonyl (C=O) groups excluding carboxylic acids is 1. The van der Waals surface area contributed by atoms with Crippen molar-refractivity contribution >= 4 is 5.78 Å². The van der Waals surface area contributed by atoms with Crippen molar-refractivity contribution in [3.8, 4) is 0 Å². The van der Waals surface area contributed by atoms with Crippen molar-refractivity contribution in [1.29, 1.82) is 0 Å². The van der Waals surface area contributed by atoms with Crippen LogP contribution in [0.2, 0.25) is 0 Å². The third-order valence-corrected chi connectivity index (χ3v) is 3.23. The van der Waals surface area contributed by atoms with E-state index in [1.165, 1.54) is 18.2 Å². The highest BCUT2D eigenvalue weighted by atomic mass is 19.4. The second-order valence-electron chi connectivity index (χ2n) is 4.47. The van der Waals surface area contributed by atoms with Crippen LogP contribution in [-0.4, -0.2) is 5.78 Å². The summed E-state index contributed by atoms with van der Waals surface area (Å²) in [4.78, 5) is 11.8. The molecule has 4 heteroatoms. The molecule has 0 atom stereocenters. The quantitative estimate of drug-likeness (QED) is 0.730. The second-order valence-corrected chi connectivity index (χ2v) is 4.47. The molecule has 1 aliphatic rings. The number of hydrogen-bond donors (Lipinski definition) is 0. The molecule has 0 heterocycles. The highest BCUT2D eigenvalue weighted by Crippen LogP contribution is 2.35. The van der Waals surface area contributed by atoms with Gasteiger partial charge in [-0.05, 0) is 12.0 Å². The number of alkyl halides is 3. The molecule has 1 aromatic rings. The Balaban J connectivity index is 2.21. The maximum atomic E-state index is 12.7. The number of rotatable bonds is 3. The summed E-state index contributed by atoms with van der Waals surface area (Å²) in [6.07, 6.45) is -1.21. The van der Waals surface area contributed by atoms with E-state index in [1.54, 1.807) is 0 Å². The van der Waals surface area contributed by atoms with Gasteiger partial charge < -0.3 is 0 Å². The fourth-order valence-corrected chi connectivity index (χ4v) is 2.04. The van der Waals surface area contributed by atoms with Crippen LogP contribution in [0.4, 0.5) is 13.2 Å². The maximum Gasteiger partial charge on any atom is 0.417 e. The lowest BCUT2D eigenvalue weighted by atomic mass is 9.80. The molecular formula is C13H13F3O. The van der Waals surface area contributed by atoms with Crippen molar-refractivity contribution in [2.75, 3.05) is 0 Å². The number of benzene rings is 1. The Bertz CT molecular complexity index is 419. The molecule has 1 aliphatic carbocycles. The van der Waals surface area contributed by atoms with Crippen LogP contribution in [-0.2, 0) is 6.18 Å². The molecule has 0 spiro atoms. The van der Waals surface area contributed by atoms with Gasteiger partial charge in [0.05, 0.1) is 5.56 Å². The molecule has 17 heavy (non-hydrogen) atoms. The van der Waals surface area contributed by atoms with Crippen LogP contribution >= 0.6 is 0 Å². The fourth-order valence-electron chi connectivity index (χ4n) is 2.04. The molecule has 0 saturated heterocycles. The van der Waals surface area contributed by atoms with Gasteiger partial charge in [-0.25, -0.2) is 0 Å². The van der Waals surface area contributed by atoms with Crippen molar-refractivity contribution < 1.29 is 18.0 Å². The third kappa shape index (κ3) is 2.68. The largest absolute Gasteiger partial charge is 0.417 e. The van der Waals surface area contributed by atoms with Gasteiger partial charge in [0.2, 0.25) is 0 Å². The minimum Gasteiger partial charge on any atom is -0.294 e. The molecule has 0 radical (unpaired) electrons. The van der Waals surface area contributed by atoms with Gasteiger partial charge in [-0.3, -0.25) is 4.79 Å². The normalized spacial score (nSPS) is 16.6. The summed E-state index contributed by atoms with van der Waals surface area (Å²) >= 11 is 0. The van der Waals surface area contributed by atoms with E-state index in [-0.39, 0.29) is 23.7 Å². The van der Waals surface area contributed by atoms with Crippen LogP contribution in [0, 0.1) is 5.92 Å². The van der Waals surface area contributed by atoms with Crippen molar-refractivity contribution in [1.82, 2.24) is 0 Å². The Labute approximate surface area is 97.6 Å². The highest BCUT2D eigenvalue weighted by molar-refractivity contribution is 5.97. The number of ketones is 1. The van der Waals surface area contributed by atoms with E-state index in [0.29, 0.717) is 0 Å². The van der Waals surface area contributed by atoms with Gasteiger partial charge in [0.15, 0.2) is 5.78 Å². The molecule has 0 unspecified atom stereocenters. The minimum atomic E-state index is -4.45. The van der Waals surface area contributed by atoms with E-state index in [2.05, 4.69) is 0 Å². The summed E-state index contributed by atoms with van der Waals surface area (Å²) in [5.74, 6) is -0.105. The van der Waals surface area contributed by atoms with Crippen molar-refractivity contribution in [2.24, 2.45) is 5.92 Å². The average Bonchev–Trinajstić information content (AvgIpc) is 2.22. The van der Waals surface area contributed by atoms with Crippen LogP contribution in [0.1, 0.15) is 41.6 Å². The summed E-state index contributed by atoms with van der Waals surface area (Å²) in [6.45, 7) is 0. The first-order chi connectivity index (χ1) is 7.98. The fraction of sp³-hybridized carbons (Fsp3) is 0.462. The van der Waals surface area contributed by atoms with E-state index < -0.39 is 11.7 Å². The predicted molar refractivity (Wildman–Crippen MR) is 57.7 cm³/mol. The van der Waals surface area contributed by atoms with Crippen LogP contribution in [0.5, 0.6) is 0 Å². The van der Waals surface area contributed by atoms with Crippen LogP contribution in [0.3, 0.4) is 0 Å². The summed E-state index contributed by atoms with van der Waals surface area (Å²) in [7, 11) is 0. The molecule has 0 N–H and O–H groups in total. The Morgan fingerprint density at radius 2 is 1.88 bits per heavy atom. The number of halogens is 3. The molecule has 1 nitrogen and oxygen atoms in total. The zero-order valence-electron chi connectivity index (χ0n) is 9.26. The Hall–Kier alpha value is -1.32. The standard InChI is InChI=1S/C13H13F3O/c14-13(15,16)11-7-2-1-6-10(11)12(17)8-9-4-3-5-9/h1-2,6-7,9H,3-5,8H2. The van der Waals surface area contributed by atoms with Gasteiger partial charge in [0.1, 0.15) is 0 Å². The maximum absolute atomic E-state index is 12.7. The van der Waals surface area contributed by atoms with E-state index in [9.17, 15) is 18.0 Å².